The lowest BCUT2D eigenvalue weighted by Crippen LogP contribution is -2.46. The second kappa shape index (κ2) is 13.7. The van der Waals surface area contributed by atoms with Crippen molar-refractivity contribution in [3.8, 4) is 0 Å². The zero-order chi connectivity index (χ0) is 29.4. The summed E-state index contributed by atoms with van der Waals surface area (Å²) < 4.78 is 80.4. The van der Waals surface area contributed by atoms with E-state index in [0.29, 0.717) is 6.07 Å². The number of nitrogens with one attached hydrogen (secondary N) is 1. The molecular weight excluding hydrogens is 540 g/mol. The number of halogens is 4. The Balaban J connectivity index is 2.00. The number of aryl methyl sites for hydroxylation is 2. The molecule has 39 heavy (non-hydrogen) atoms. The van der Waals surface area contributed by atoms with Crippen molar-refractivity contribution in [2.24, 2.45) is 0 Å². The number of rotatable bonds is 15. The smallest absolute Gasteiger partial charge is 0.416 e. The molecule has 0 aliphatic rings. The molecule has 12 heteroatoms. The van der Waals surface area contributed by atoms with Gasteiger partial charge in [-0.15, -0.1) is 0 Å². The standard InChI is InChI=1S/C27H36F4N2O5S/c1-26(2,13-5-7-19-9-11-22(28)12-10-19)32-17-23(34)18-33(3)39(37,38)24-15-20(6-4-8-25(35)36)14-21(16-24)27(29,30)31/h9-12,14-16,23,32,34H,4-8,13,17-18H2,1-3H3,(H,35,36). The number of sulfonamides is 1. The molecule has 0 aliphatic carbocycles. The lowest BCUT2D eigenvalue weighted by molar-refractivity contribution is -0.138. The molecule has 2 aromatic rings. The van der Waals surface area contributed by atoms with Gasteiger partial charge in [0, 0.05) is 32.1 Å². The summed E-state index contributed by atoms with van der Waals surface area (Å²) in [6.45, 7) is 3.55. The maximum atomic E-state index is 13.4. The Hall–Kier alpha value is -2.54. The van der Waals surface area contributed by atoms with E-state index in [1.807, 2.05) is 13.8 Å². The van der Waals surface area contributed by atoms with Gasteiger partial charge in [-0.25, -0.2) is 12.8 Å². The number of likely N-dealkylation sites (N-methyl/N-ethyl adjacent to an activating group) is 1. The van der Waals surface area contributed by atoms with E-state index in [4.69, 9.17) is 5.11 Å². The maximum absolute atomic E-state index is 13.4. The van der Waals surface area contributed by atoms with Crippen molar-refractivity contribution in [3.63, 3.8) is 0 Å². The summed E-state index contributed by atoms with van der Waals surface area (Å²) in [6.07, 6.45) is -3.93. The van der Waals surface area contributed by atoms with E-state index >= 15 is 0 Å². The number of aliphatic carboxylic acids is 1. The highest BCUT2D eigenvalue weighted by molar-refractivity contribution is 7.89. The Morgan fingerprint density at radius 2 is 1.64 bits per heavy atom. The third kappa shape index (κ3) is 10.9. The van der Waals surface area contributed by atoms with Gasteiger partial charge in [0.15, 0.2) is 0 Å². The van der Waals surface area contributed by atoms with Crippen LogP contribution in [0, 0.1) is 5.82 Å². The molecule has 218 valence electrons. The van der Waals surface area contributed by atoms with Gasteiger partial charge < -0.3 is 15.5 Å². The van der Waals surface area contributed by atoms with Crippen LogP contribution in [0.1, 0.15) is 56.2 Å². The molecule has 0 heterocycles. The topological polar surface area (TPSA) is 107 Å². The van der Waals surface area contributed by atoms with Crippen molar-refractivity contribution in [3.05, 3.63) is 65.0 Å². The molecule has 0 radical (unpaired) electrons. The zero-order valence-corrected chi connectivity index (χ0v) is 23.1. The van der Waals surface area contributed by atoms with Gasteiger partial charge in [0.25, 0.3) is 0 Å². The van der Waals surface area contributed by atoms with Gasteiger partial charge in [-0.3, -0.25) is 4.79 Å². The minimum absolute atomic E-state index is 0.0365. The average molecular weight is 577 g/mol. The summed E-state index contributed by atoms with van der Waals surface area (Å²) in [7, 11) is -3.20. The lowest BCUT2D eigenvalue weighted by Gasteiger charge is -2.29. The number of carboxylic acids is 1. The first kappa shape index (κ1) is 32.7. The molecular formula is C27H36F4N2O5S. The van der Waals surface area contributed by atoms with Crippen LogP contribution in [0.4, 0.5) is 17.6 Å². The van der Waals surface area contributed by atoms with E-state index in [0.717, 1.165) is 41.3 Å². The number of hydrogen-bond acceptors (Lipinski definition) is 5. The van der Waals surface area contributed by atoms with E-state index in [-0.39, 0.29) is 43.7 Å². The Labute approximate surface area is 226 Å². The molecule has 0 amide bonds. The number of alkyl halides is 3. The van der Waals surface area contributed by atoms with Gasteiger partial charge in [-0.05, 0) is 87.4 Å². The molecule has 0 saturated carbocycles. The normalized spacial score (nSPS) is 13.6. The predicted octanol–water partition coefficient (Wildman–Crippen LogP) is 4.62. The molecule has 0 aliphatic heterocycles. The number of nitrogens with zero attached hydrogens (tertiary/aromatic N) is 1. The third-order valence-electron chi connectivity index (χ3n) is 6.32. The number of carboxylic acid groups (broad SMARTS) is 1. The zero-order valence-electron chi connectivity index (χ0n) is 22.3. The van der Waals surface area contributed by atoms with E-state index in [9.17, 15) is 35.9 Å². The molecule has 0 fully saturated rings. The van der Waals surface area contributed by atoms with Crippen molar-refractivity contribution >= 4 is 16.0 Å². The SMILES string of the molecule is CN(CC(O)CNC(C)(C)CCCc1ccc(F)cc1)S(=O)(=O)c1cc(CCCC(=O)O)cc(C(F)(F)F)c1. The van der Waals surface area contributed by atoms with Gasteiger partial charge in [0.05, 0.1) is 16.6 Å². The molecule has 1 atom stereocenters. The summed E-state index contributed by atoms with van der Waals surface area (Å²) in [5.74, 6) is -1.40. The molecule has 0 spiro atoms. The maximum Gasteiger partial charge on any atom is 0.416 e. The fourth-order valence-corrected chi connectivity index (χ4v) is 5.37. The highest BCUT2D eigenvalue weighted by Crippen LogP contribution is 2.33. The summed E-state index contributed by atoms with van der Waals surface area (Å²) in [4.78, 5) is 10.2. The first-order valence-electron chi connectivity index (χ1n) is 12.6. The first-order valence-corrected chi connectivity index (χ1v) is 14.0. The lowest BCUT2D eigenvalue weighted by atomic mass is 9.95. The third-order valence-corrected chi connectivity index (χ3v) is 8.12. The van der Waals surface area contributed by atoms with Crippen LogP contribution in [0.2, 0.25) is 0 Å². The van der Waals surface area contributed by atoms with Crippen LogP contribution >= 0.6 is 0 Å². The summed E-state index contributed by atoms with van der Waals surface area (Å²) in [6, 6.07) is 8.72. The molecule has 1 unspecified atom stereocenters. The summed E-state index contributed by atoms with van der Waals surface area (Å²) >= 11 is 0. The van der Waals surface area contributed by atoms with Gasteiger partial charge in [0.2, 0.25) is 10.0 Å². The van der Waals surface area contributed by atoms with Crippen LogP contribution in [0.25, 0.3) is 0 Å². The molecule has 0 bridgehead atoms. The highest BCUT2D eigenvalue weighted by Gasteiger charge is 2.34. The molecule has 7 nitrogen and oxygen atoms in total. The fraction of sp³-hybridized carbons (Fsp3) is 0.519. The minimum atomic E-state index is -4.79. The Bertz CT molecular complexity index is 1200. The van der Waals surface area contributed by atoms with E-state index in [1.165, 1.54) is 19.2 Å². The molecule has 3 N–H and O–H groups in total. The quantitative estimate of drug-likeness (QED) is 0.267. The number of β-amino-alcohol motifs (C(OH)–C–C–N with tert-alkyl or cyclic N) is 1. The Morgan fingerprint density at radius 1 is 1.03 bits per heavy atom. The van der Waals surface area contributed by atoms with Crippen molar-refractivity contribution < 1.29 is 41.0 Å². The first-order chi connectivity index (χ1) is 18.0. The molecule has 2 rings (SSSR count). The second-order valence-corrected chi connectivity index (χ2v) is 12.3. The van der Waals surface area contributed by atoms with Crippen LogP contribution in [0.15, 0.2) is 47.4 Å². The number of aliphatic hydroxyl groups excluding tert-OH is 1. The highest BCUT2D eigenvalue weighted by atomic mass is 32.2. The van der Waals surface area contributed by atoms with Crippen molar-refractivity contribution in [2.45, 2.75) is 75.1 Å². The summed E-state index contributed by atoms with van der Waals surface area (Å²) in [5.41, 5.74) is -0.488. The summed E-state index contributed by atoms with van der Waals surface area (Å²) in [5, 5.41) is 22.5. The van der Waals surface area contributed by atoms with E-state index < -0.39 is 44.3 Å². The van der Waals surface area contributed by atoms with Gasteiger partial charge >= 0.3 is 12.1 Å². The van der Waals surface area contributed by atoms with Crippen molar-refractivity contribution in [1.82, 2.24) is 9.62 Å². The Morgan fingerprint density at radius 3 is 2.23 bits per heavy atom. The number of aliphatic hydroxyl groups is 1. The Kier molecular flexibility index (Phi) is 11.5. The minimum Gasteiger partial charge on any atom is -0.481 e. The van der Waals surface area contributed by atoms with Gasteiger partial charge in [0.1, 0.15) is 5.82 Å². The number of hydrogen-bond donors (Lipinski definition) is 3. The molecule has 0 saturated heterocycles. The van der Waals surface area contributed by atoms with Crippen LogP contribution in [-0.2, 0) is 33.8 Å². The number of benzene rings is 2. The van der Waals surface area contributed by atoms with Crippen molar-refractivity contribution in [1.29, 1.82) is 0 Å². The average Bonchev–Trinajstić information content (AvgIpc) is 2.83. The number of carbonyl (C=O) groups is 1. The van der Waals surface area contributed by atoms with Crippen molar-refractivity contribution in [2.75, 3.05) is 20.1 Å². The second-order valence-electron chi connectivity index (χ2n) is 10.3. The van der Waals surface area contributed by atoms with E-state index in [2.05, 4.69) is 5.32 Å². The monoisotopic (exact) mass is 576 g/mol. The predicted molar refractivity (Wildman–Crippen MR) is 139 cm³/mol. The van der Waals surface area contributed by atoms with Gasteiger partial charge in [-0.2, -0.15) is 17.5 Å². The fourth-order valence-electron chi connectivity index (χ4n) is 4.07. The van der Waals surface area contributed by atoms with Crippen LogP contribution in [-0.4, -0.2) is 60.7 Å². The largest absolute Gasteiger partial charge is 0.481 e. The van der Waals surface area contributed by atoms with Crippen LogP contribution < -0.4 is 5.32 Å². The van der Waals surface area contributed by atoms with Gasteiger partial charge in [-0.1, -0.05) is 12.1 Å². The van der Waals surface area contributed by atoms with Crippen LogP contribution in [0.5, 0.6) is 0 Å². The van der Waals surface area contributed by atoms with Crippen LogP contribution in [0.3, 0.4) is 0 Å². The molecule has 2 aromatic carbocycles. The van der Waals surface area contributed by atoms with E-state index in [1.54, 1.807) is 12.1 Å². The molecule has 0 aromatic heterocycles.